The van der Waals surface area contributed by atoms with Crippen molar-refractivity contribution in [3.8, 4) is 0 Å². The highest BCUT2D eigenvalue weighted by atomic mass is 32.2. The topological polar surface area (TPSA) is 72.2 Å². The van der Waals surface area contributed by atoms with Crippen LogP contribution >= 0.6 is 0 Å². The Kier molecular flexibility index (Phi) is 7.31. The van der Waals surface area contributed by atoms with Gasteiger partial charge in [-0.1, -0.05) is 102 Å². The smallest absolute Gasteiger partial charge is 0.212 e. The Morgan fingerprint density at radius 1 is 0.793 bits per heavy atom. The number of nitrogens with one attached hydrogen (secondary N) is 1. The predicted octanol–water partition coefficient (Wildman–Crippen LogP) is 5.06. The minimum Gasteiger partial charge on any atom is -0.322 e. The second-order valence-electron chi connectivity index (χ2n) is 10.0. The number of hydrogen-bond acceptors (Lipinski definition) is 3. The van der Waals surface area contributed by atoms with Gasteiger partial charge in [0.05, 0.1) is 17.8 Å². The Labute approximate surface area is 177 Å². The molecule has 0 amide bonds. The molecule has 0 saturated heterocycles. The molecule has 0 aromatic heterocycles. The number of sulfonamides is 1. The number of nitrogens with two attached hydrogens (primary N) is 1. The van der Waals surface area contributed by atoms with E-state index in [0.717, 1.165) is 11.1 Å². The summed E-state index contributed by atoms with van der Waals surface area (Å²) < 4.78 is 29.5. The van der Waals surface area contributed by atoms with Gasteiger partial charge in [0.25, 0.3) is 0 Å². The van der Waals surface area contributed by atoms with Crippen molar-refractivity contribution in [1.82, 2.24) is 4.72 Å². The highest BCUT2D eigenvalue weighted by Crippen LogP contribution is 2.41. The lowest BCUT2D eigenvalue weighted by molar-refractivity contribution is 0.123. The molecule has 0 aliphatic rings. The van der Waals surface area contributed by atoms with Gasteiger partial charge < -0.3 is 5.73 Å². The van der Waals surface area contributed by atoms with Crippen LogP contribution in [0.15, 0.2) is 60.7 Å². The van der Waals surface area contributed by atoms with Crippen molar-refractivity contribution >= 4 is 10.0 Å². The summed E-state index contributed by atoms with van der Waals surface area (Å²) in [5, 5.41) is 0. The molecule has 0 spiro atoms. The average molecular weight is 417 g/mol. The summed E-state index contributed by atoms with van der Waals surface area (Å²) in [5.41, 5.74) is 8.02. The molecule has 0 aliphatic heterocycles. The van der Waals surface area contributed by atoms with Gasteiger partial charge in [-0.3, -0.25) is 0 Å². The normalized spacial score (nSPS) is 15.3. The van der Waals surface area contributed by atoms with Crippen LogP contribution in [-0.2, 0) is 10.0 Å². The Bertz CT molecular complexity index is 853. The summed E-state index contributed by atoms with van der Waals surface area (Å²) in [6, 6.07) is 18.2. The van der Waals surface area contributed by atoms with Crippen LogP contribution in [0.25, 0.3) is 0 Å². The third-order valence-electron chi connectivity index (χ3n) is 5.49. The van der Waals surface area contributed by atoms with Gasteiger partial charge in [0.2, 0.25) is 10.0 Å². The molecule has 2 rings (SSSR count). The van der Waals surface area contributed by atoms with Gasteiger partial charge in [0, 0.05) is 0 Å². The Balaban J connectivity index is 2.37. The lowest BCUT2D eigenvalue weighted by atomic mass is 9.68. The van der Waals surface area contributed by atoms with E-state index >= 15 is 0 Å². The van der Waals surface area contributed by atoms with E-state index in [-0.39, 0.29) is 22.5 Å². The molecule has 0 saturated carbocycles. The summed E-state index contributed by atoms with van der Waals surface area (Å²) in [4.78, 5) is 0. The van der Waals surface area contributed by atoms with Gasteiger partial charge in [-0.2, -0.15) is 0 Å². The van der Waals surface area contributed by atoms with Crippen LogP contribution in [0, 0.1) is 16.7 Å². The Morgan fingerprint density at radius 2 is 1.21 bits per heavy atom. The maximum atomic E-state index is 13.3. The summed E-state index contributed by atoms with van der Waals surface area (Å²) >= 11 is 0. The second-order valence-corrected chi connectivity index (χ2v) is 11.8. The SMILES string of the molecule is CC(C)(C)C(CS(=O)(=O)NC(c1ccccc1)C(N)c1ccccc1)C(C)(C)C. The van der Waals surface area contributed by atoms with Crippen molar-refractivity contribution in [3.05, 3.63) is 71.8 Å². The van der Waals surface area contributed by atoms with Crippen molar-refractivity contribution < 1.29 is 8.42 Å². The first-order valence-electron chi connectivity index (χ1n) is 10.2. The van der Waals surface area contributed by atoms with Gasteiger partial charge in [-0.25, -0.2) is 13.1 Å². The summed E-state index contributed by atoms with van der Waals surface area (Å²) in [7, 11) is -3.58. The van der Waals surface area contributed by atoms with E-state index in [0.29, 0.717) is 0 Å². The molecule has 0 fully saturated rings. The molecule has 0 aliphatic carbocycles. The lowest BCUT2D eigenvalue weighted by Gasteiger charge is -2.41. The summed E-state index contributed by atoms with van der Waals surface area (Å²) in [6.45, 7) is 12.6. The molecule has 29 heavy (non-hydrogen) atoms. The molecule has 2 aromatic rings. The first-order chi connectivity index (χ1) is 13.3. The molecular formula is C24H36N2O2S. The zero-order chi connectivity index (χ0) is 21.9. The van der Waals surface area contributed by atoms with Crippen molar-refractivity contribution in [2.45, 2.75) is 53.6 Å². The molecule has 4 nitrogen and oxygen atoms in total. The zero-order valence-corrected chi connectivity index (χ0v) is 19.3. The predicted molar refractivity (Wildman–Crippen MR) is 122 cm³/mol. The minimum atomic E-state index is -3.58. The standard InChI is InChI=1S/C24H36N2O2S/c1-23(2,3)20(24(4,5)6)17-29(27,28)26-22(19-15-11-8-12-16-19)21(25)18-13-9-7-10-14-18/h7-16,20-22,26H,17,25H2,1-6H3. The van der Waals surface area contributed by atoms with Crippen LogP contribution in [0.4, 0.5) is 0 Å². The minimum absolute atomic E-state index is 0.0168. The van der Waals surface area contributed by atoms with E-state index in [1.165, 1.54) is 0 Å². The fraction of sp³-hybridized carbons (Fsp3) is 0.500. The Hall–Kier alpha value is -1.69. The van der Waals surface area contributed by atoms with Crippen LogP contribution in [0.2, 0.25) is 0 Å². The van der Waals surface area contributed by atoms with E-state index < -0.39 is 22.1 Å². The van der Waals surface area contributed by atoms with Crippen molar-refractivity contribution in [3.63, 3.8) is 0 Å². The van der Waals surface area contributed by atoms with E-state index in [1.54, 1.807) is 0 Å². The fourth-order valence-electron chi connectivity index (χ4n) is 4.14. The first kappa shape index (κ1) is 23.6. The average Bonchev–Trinajstić information content (AvgIpc) is 2.63. The van der Waals surface area contributed by atoms with Crippen molar-refractivity contribution in [2.24, 2.45) is 22.5 Å². The van der Waals surface area contributed by atoms with Gasteiger partial charge >= 0.3 is 0 Å². The van der Waals surface area contributed by atoms with Gasteiger partial charge in [0.15, 0.2) is 0 Å². The third kappa shape index (κ3) is 6.66. The van der Waals surface area contributed by atoms with E-state index in [1.807, 2.05) is 60.7 Å². The largest absolute Gasteiger partial charge is 0.322 e. The van der Waals surface area contributed by atoms with Gasteiger partial charge in [0.1, 0.15) is 0 Å². The van der Waals surface area contributed by atoms with Crippen LogP contribution in [0.5, 0.6) is 0 Å². The van der Waals surface area contributed by atoms with Crippen LogP contribution in [-0.4, -0.2) is 14.2 Å². The first-order valence-corrected chi connectivity index (χ1v) is 11.8. The third-order valence-corrected chi connectivity index (χ3v) is 6.87. The molecule has 0 radical (unpaired) electrons. The van der Waals surface area contributed by atoms with E-state index in [4.69, 9.17) is 5.73 Å². The van der Waals surface area contributed by atoms with Crippen LogP contribution in [0.3, 0.4) is 0 Å². The van der Waals surface area contributed by atoms with Crippen molar-refractivity contribution in [2.75, 3.05) is 5.75 Å². The molecule has 2 aromatic carbocycles. The molecule has 0 heterocycles. The highest BCUT2D eigenvalue weighted by molar-refractivity contribution is 7.89. The number of rotatable bonds is 7. The molecule has 160 valence electrons. The molecule has 5 heteroatoms. The van der Waals surface area contributed by atoms with E-state index in [9.17, 15) is 8.42 Å². The summed E-state index contributed by atoms with van der Waals surface area (Å²) in [5.74, 6) is 0.0436. The van der Waals surface area contributed by atoms with Crippen LogP contribution in [0.1, 0.15) is 64.8 Å². The fourth-order valence-corrected chi connectivity index (χ4v) is 6.34. The molecule has 2 atom stereocenters. The van der Waals surface area contributed by atoms with Crippen molar-refractivity contribution in [1.29, 1.82) is 0 Å². The summed E-state index contributed by atoms with van der Waals surface area (Å²) in [6.07, 6.45) is 0. The second kappa shape index (κ2) is 8.99. The quantitative estimate of drug-likeness (QED) is 0.663. The molecule has 3 N–H and O–H groups in total. The number of hydrogen-bond donors (Lipinski definition) is 2. The maximum absolute atomic E-state index is 13.3. The zero-order valence-electron chi connectivity index (χ0n) is 18.5. The number of benzene rings is 2. The highest BCUT2D eigenvalue weighted by Gasteiger charge is 2.39. The van der Waals surface area contributed by atoms with E-state index in [2.05, 4.69) is 46.3 Å². The molecule has 2 unspecified atom stereocenters. The molecular weight excluding hydrogens is 380 g/mol. The van der Waals surface area contributed by atoms with Crippen LogP contribution < -0.4 is 10.5 Å². The monoisotopic (exact) mass is 416 g/mol. The van der Waals surface area contributed by atoms with Gasteiger partial charge in [-0.15, -0.1) is 0 Å². The lowest BCUT2D eigenvalue weighted by Crippen LogP contribution is -2.44. The molecule has 0 bridgehead atoms. The van der Waals surface area contributed by atoms with Gasteiger partial charge in [-0.05, 0) is 27.9 Å². The maximum Gasteiger partial charge on any atom is 0.212 e. The Morgan fingerprint density at radius 3 is 1.62 bits per heavy atom.